The van der Waals surface area contributed by atoms with Crippen molar-refractivity contribution in [1.29, 1.82) is 0 Å². The van der Waals surface area contributed by atoms with Gasteiger partial charge in [0, 0.05) is 31.4 Å². The molecule has 0 aromatic rings. The molecule has 0 aliphatic heterocycles. The molecular weight excluding hydrogens is 256 g/mol. The highest BCUT2D eigenvalue weighted by Crippen LogP contribution is 2.14. The molecule has 0 aromatic heterocycles. The molecule has 0 fully saturated rings. The zero-order valence-corrected chi connectivity index (χ0v) is 13.1. The summed E-state index contributed by atoms with van der Waals surface area (Å²) in [6.07, 6.45) is 2.04. The number of rotatable bonds is 9. The first-order valence-corrected chi connectivity index (χ1v) is 8.89. The van der Waals surface area contributed by atoms with Gasteiger partial charge in [-0.2, -0.15) is 12.6 Å². The molecule has 17 heavy (non-hydrogen) atoms. The van der Waals surface area contributed by atoms with Crippen LogP contribution in [0.4, 0.5) is 0 Å². The lowest BCUT2D eigenvalue weighted by atomic mass is 10.2. The van der Waals surface area contributed by atoms with Gasteiger partial charge in [0.05, 0.1) is 0 Å². The Hall–Kier alpha value is -0.0431. The van der Waals surface area contributed by atoms with E-state index in [4.69, 9.17) is 13.3 Å². The second kappa shape index (κ2) is 8.96. The van der Waals surface area contributed by atoms with Crippen LogP contribution >= 0.6 is 12.6 Å². The third kappa shape index (κ3) is 7.80. The fourth-order valence-corrected chi connectivity index (χ4v) is 3.27. The maximum Gasteiger partial charge on any atom is 0.564 e. The molecule has 0 aliphatic carbocycles. The number of carbonyl (C=O) groups is 1. The van der Waals surface area contributed by atoms with Crippen LogP contribution in [0.25, 0.3) is 0 Å². The molecule has 0 radical (unpaired) electrons. The van der Waals surface area contributed by atoms with E-state index in [1.807, 2.05) is 20.8 Å². The molecule has 0 rings (SSSR count). The van der Waals surface area contributed by atoms with Gasteiger partial charge in [-0.3, -0.25) is 4.79 Å². The van der Waals surface area contributed by atoms with E-state index in [2.05, 4.69) is 12.6 Å². The Morgan fingerprint density at radius 1 is 1.24 bits per heavy atom. The lowest BCUT2D eigenvalue weighted by molar-refractivity contribution is -0.139. The summed E-state index contributed by atoms with van der Waals surface area (Å²) in [5.74, 6) is -0.256. The van der Waals surface area contributed by atoms with Gasteiger partial charge in [0.1, 0.15) is 0 Å². The minimum atomic E-state index is -2.77. The first kappa shape index (κ1) is 17.0. The van der Waals surface area contributed by atoms with E-state index in [-0.39, 0.29) is 11.2 Å². The molecule has 0 N–H and O–H groups in total. The molecule has 0 saturated carbocycles. The normalized spacial score (nSPS) is 13.5. The van der Waals surface area contributed by atoms with Crippen LogP contribution < -0.4 is 0 Å². The Morgan fingerprint density at radius 3 is 2.18 bits per heavy atom. The summed E-state index contributed by atoms with van der Waals surface area (Å²) in [6.45, 7) is 8.48. The van der Waals surface area contributed by atoms with Crippen LogP contribution in [0.3, 0.4) is 0 Å². The number of hydrogen-bond acceptors (Lipinski definition) is 5. The molecule has 0 heterocycles. The highest BCUT2D eigenvalue weighted by atomic mass is 32.1. The maximum absolute atomic E-state index is 11.6. The highest BCUT2D eigenvalue weighted by Gasteiger charge is 2.38. The SMILES string of the molecule is CCO[Si](C)(OCC)OC(=O)CCC(S)CC. The van der Waals surface area contributed by atoms with Gasteiger partial charge in [0.15, 0.2) is 0 Å². The monoisotopic (exact) mass is 280 g/mol. The zero-order valence-electron chi connectivity index (χ0n) is 11.2. The van der Waals surface area contributed by atoms with E-state index < -0.39 is 8.80 Å². The van der Waals surface area contributed by atoms with E-state index in [9.17, 15) is 4.79 Å². The standard InChI is InChI=1S/C11H24O4SSi/c1-5-10(16)8-9-11(12)15-17(4,13-6-2)14-7-3/h10,16H,5-9H2,1-4H3. The Bertz CT molecular complexity index is 220. The van der Waals surface area contributed by atoms with Crippen LogP contribution in [0.2, 0.25) is 6.55 Å². The van der Waals surface area contributed by atoms with E-state index in [0.29, 0.717) is 19.6 Å². The molecule has 6 heteroatoms. The van der Waals surface area contributed by atoms with Crippen LogP contribution in [0.5, 0.6) is 0 Å². The summed E-state index contributed by atoms with van der Waals surface area (Å²) >= 11 is 4.34. The second-order valence-corrected chi connectivity index (χ2v) is 7.04. The molecule has 0 saturated heterocycles. The Labute approximate surface area is 111 Å². The van der Waals surface area contributed by atoms with Gasteiger partial charge in [0.2, 0.25) is 0 Å². The Balaban J connectivity index is 4.12. The molecule has 1 atom stereocenters. The largest absolute Gasteiger partial charge is 0.564 e. The summed E-state index contributed by atoms with van der Waals surface area (Å²) in [5.41, 5.74) is 0. The van der Waals surface area contributed by atoms with Crippen molar-refractivity contribution in [3.63, 3.8) is 0 Å². The molecule has 102 valence electrons. The average Bonchev–Trinajstić information content (AvgIpc) is 2.26. The van der Waals surface area contributed by atoms with Crippen LogP contribution in [-0.2, 0) is 18.1 Å². The lowest BCUT2D eigenvalue weighted by Gasteiger charge is -2.24. The van der Waals surface area contributed by atoms with Gasteiger partial charge in [-0.05, 0) is 26.7 Å². The number of thiol groups is 1. The van der Waals surface area contributed by atoms with Crippen molar-refractivity contribution >= 4 is 27.4 Å². The predicted octanol–water partition coefficient (Wildman–Crippen LogP) is 2.66. The van der Waals surface area contributed by atoms with Crippen molar-refractivity contribution < 1.29 is 18.1 Å². The summed E-state index contributed by atoms with van der Waals surface area (Å²) in [6, 6.07) is 0. The zero-order chi connectivity index (χ0) is 13.3. The minimum Gasteiger partial charge on any atom is -0.473 e. The molecule has 0 aliphatic rings. The molecule has 4 nitrogen and oxygen atoms in total. The minimum absolute atomic E-state index is 0.245. The van der Waals surface area contributed by atoms with Gasteiger partial charge < -0.3 is 13.3 Å². The van der Waals surface area contributed by atoms with Crippen molar-refractivity contribution in [2.45, 2.75) is 51.8 Å². The lowest BCUT2D eigenvalue weighted by Crippen LogP contribution is -2.44. The molecule has 0 aromatic carbocycles. The fourth-order valence-electron chi connectivity index (χ4n) is 1.37. The average molecular weight is 280 g/mol. The maximum atomic E-state index is 11.6. The van der Waals surface area contributed by atoms with Crippen LogP contribution in [0.1, 0.15) is 40.0 Å². The van der Waals surface area contributed by atoms with Crippen molar-refractivity contribution in [3.05, 3.63) is 0 Å². The van der Waals surface area contributed by atoms with Gasteiger partial charge in [-0.15, -0.1) is 0 Å². The quantitative estimate of drug-likeness (QED) is 0.521. The Kier molecular flexibility index (Phi) is 8.94. The number of carbonyl (C=O) groups excluding carboxylic acids is 1. The summed E-state index contributed by atoms with van der Waals surface area (Å²) in [5, 5.41) is 0.245. The van der Waals surface area contributed by atoms with Crippen LogP contribution in [0.15, 0.2) is 0 Å². The van der Waals surface area contributed by atoms with Gasteiger partial charge >= 0.3 is 8.80 Å². The van der Waals surface area contributed by atoms with Crippen molar-refractivity contribution in [2.24, 2.45) is 0 Å². The molecule has 0 spiro atoms. The first-order chi connectivity index (χ1) is 7.97. The van der Waals surface area contributed by atoms with E-state index in [1.165, 1.54) is 0 Å². The first-order valence-electron chi connectivity index (χ1n) is 6.15. The van der Waals surface area contributed by atoms with E-state index in [1.54, 1.807) is 6.55 Å². The smallest absolute Gasteiger partial charge is 0.473 e. The second-order valence-electron chi connectivity index (χ2n) is 3.80. The van der Waals surface area contributed by atoms with Crippen LogP contribution in [0, 0.1) is 0 Å². The third-order valence-electron chi connectivity index (χ3n) is 2.27. The van der Waals surface area contributed by atoms with Gasteiger partial charge in [0.25, 0.3) is 5.97 Å². The van der Waals surface area contributed by atoms with E-state index in [0.717, 1.165) is 12.8 Å². The summed E-state index contributed by atoms with van der Waals surface area (Å²) in [4.78, 5) is 11.6. The molecule has 1 unspecified atom stereocenters. The summed E-state index contributed by atoms with van der Waals surface area (Å²) < 4.78 is 16.2. The van der Waals surface area contributed by atoms with Gasteiger partial charge in [-0.25, -0.2) is 0 Å². The summed E-state index contributed by atoms with van der Waals surface area (Å²) in [7, 11) is -2.77. The van der Waals surface area contributed by atoms with Crippen molar-refractivity contribution in [2.75, 3.05) is 13.2 Å². The van der Waals surface area contributed by atoms with Crippen molar-refractivity contribution in [1.82, 2.24) is 0 Å². The number of hydrogen-bond donors (Lipinski definition) is 1. The third-order valence-corrected chi connectivity index (χ3v) is 5.11. The highest BCUT2D eigenvalue weighted by molar-refractivity contribution is 7.80. The predicted molar refractivity (Wildman–Crippen MR) is 73.3 cm³/mol. The van der Waals surface area contributed by atoms with Crippen LogP contribution in [-0.4, -0.2) is 33.2 Å². The van der Waals surface area contributed by atoms with Gasteiger partial charge in [-0.1, -0.05) is 6.92 Å². The molecular formula is C11H24O4SSi. The topological polar surface area (TPSA) is 44.8 Å². The van der Waals surface area contributed by atoms with E-state index >= 15 is 0 Å². The Morgan fingerprint density at radius 2 is 1.76 bits per heavy atom. The molecule has 0 bridgehead atoms. The fraction of sp³-hybridized carbons (Fsp3) is 0.909. The molecule has 0 amide bonds. The van der Waals surface area contributed by atoms with Crippen molar-refractivity contribution in [3.8, 4) is 0 Å².